The fraction of sp³-hybridized carbons (Fsp3) is 0.611. The number of carbonyl (C=O) groups is 1. The zero-order valence-corrected chi connectivity index (χ0v) is 14.6. The van der Waals surface area contributed by atoms with Crippen molar-refractivity contribution in [1.29, 1.82) is 0 Å². The molecule has 1 aliphatic heterocycles. The maximum atomic E-state index is 12.4. The molecular weight excluding hydrogens is 292 g/mol. The number of carbonyl (C=O) groups excluding carboxylic acids is 1. The smallest absolute Gasteiger partial charge is 0.237 e. The molecule has 5 nitrogen and oxygen atoms in total. The van der Waals surface area contributed by atoms with Crippen LogP contribution in [0.25, 0.3) is 0 Å². The van der Waals surface area contributed by atoms with E-state index in [0.717, 1.165) is 18.7 Å². The summed E-state index contributed by atoms with van der Waals surface area (Å²) in [7, 11) is 3.22. The van der Waals surface area contributed by atoms with Gasteiger partial charge in [0.25, 0.3) is 0 Å². The minimum atomic E-state index is -0.0853. The van der Waals surface area contributed by atoms with Gasteiger partial charge in [-0.05, 0) is 49.9 Å². The number of hydrogen-bond donors (Lipinski definition) is 1. The predicted octanol–water partition coefficient (Wildman–Crippen LogP) is 2.44. The first kappa shape index (κ1) is 17.6. The van der Waals surface area contributed by atoms with Crippen LogP contribution in [0.3, 0.4) is 0 Å². The number of piperidine rings is 1. The summed E-state index contributed by atoms with van der Waals surface area (Å²) in [4.78, 5) is 14.7. The fourth-order valence-corrected chi connectivity index (χ4v) is 3.07. The van der Waals surface area contributed by atoms with Gasteiger partial charge in [0.1, 0.15) is 0 Å². The zero-order chi connectivity index (χ0) is 16.8. The van der Waals surface area contributed by atoms with E-state index in [1.807, 2.05) is 25.1 Å². The Morgan fingerprint density at radius 1 is 1.35 bits per heavy atom. The quantitative estimate of drug-likeness (QED) is 0.875. The Morgan fingerprint density at radius 3 is 2.74 bits per heavy atom. The summed E-state index contributed by atoms with van der Waals surface area (Å²) in [6, 6.07) is 5.61. The first-order valence-electron chi connectivity index (χ1n) is 8.27. The summed E-state index contributed by atoms with van der Waals surface area (Å²) >= 11 is 0. The Bertz CT molecular complexity index is 533. The number of methoxy groups -OCH3 is 2. The molecule has 1 N–H and O–H groups in total. The highest BCUT2D eigenvalue weighted by Gasteiger charge is 2.25. The van der Waals surface area contributed by atoms with Gasteiger partial charge < -0.3 is 14.8 Å². The number of rotatable bonds is 6. The van der Waals surface area contributed by atoms with E-state index in [4.69, 9.17) is 9.47 Å². The highest BCUT2D eigenvalue weighted by atomic mass is 16.5. The average Bonchev–Trinajstić information content (AvgIpc) is 2.58. The van der Waals surface area contributed by atoms with E-state index in [9.17, 15) is 4.79 Å². The Labute approximate surface area is 139 Å². The lowest BCUT2D eigenvalue weighted by Crippen LogP contribution is -2.48. The van der Waals surface area contributed by atoms with Gasteiger partial charge in [-0.3, -0.25) is 9.69 Å². The van der Waals surface area contributed by atoms with Gasteiger partial charge >= 0.3 is 0 Å². The van der Waals surface area contributed by atoms with Crippen molar-refractivity contribution in [2.24, 2.45) is 5.92 Å². The van der Waals surface area contributed by atoms with Gasteiger partial charge in [0.15, 0.2) is 11.5 Å². The zero-order valence-electron chi connectivity index (χ0n) is 14.6. The molecule has 1 fully saturated rings. The number of hydrogen-bond acceptors (Lipinski definition) is 4. The van der Waals surface area contributed by atoms with E-state index in [1.165, 1.54) is 12.8 Å². The molecule has 1 aromatic carbocycles. The summed E-state index contributed by atoms with van der Waals surface area (Å²) < 4.78 is 10.5. The number of nitrogens with zero attached hydrogens (tertiary/aromatic N) is 1. The molecule has 1 aromatic rings. The highest BCUT2D eigenvalue weighted by molar-refractivity contribution is 5.81. The third-order valence-corrected chi connectivity index (χ3v) is 4.53. The molecule has 0 unspecified atom stereocenters. The number of likely N-dealkylation sites (tertiary alicyclic amines) is 1. The van der Waals surface area contributed by atoms with Gasteiger partial charge in [-0.25, -0.2) is 0 Å². The molecule has 128 valence electrons. The van der Waals surface area contributed by atoms with Gasteiger partial charge in [0.2, 0.25) is 5.91 Å². The number of nitrogens with one attached hydrogen (secondary N) is 1. The van der Waals surface area contributed by atoms with E-state index < -0.39 is 0 Å². The largest absolute Gasteiger partial charge is 0.493 e. The SMILES string of the molecule is COc1ccc(CNC(=O)[C@H](C)N2CCC[C@@H](C)C2)cc1OC. The molecule has 23 heavy (non-hydrogen) atoms. The van der Waals surface area contributed by atoms with Crippen LogP contribution in [0, 0.1) is 5.92 Å². The van der Waals surface area contributed by atoms with E-state index >= 15 is 0 Å². The lowest BCUT2D eigenvalue weighted by atomic mass is 9.99. The second-order valence-electron chi connectivity index (χ2n) is 6.33. The molecule has 1 aliphatic rings. The van der Waals surface area contributed by atoms with Crippen LogP contribution in [0.1, 0.15) is 32.3 Å². The second-order valence-corrected chi connectivity index (χ2v) is 6.33. The van der Waals surface area contributed by atoms with Gasteiger partial charge in [-0.2, -0.15) is 0 Å². The number of benzene rings is 1. The van der Waals surface area contributed by atoms with Crippen LogP contribution in [0.2, 0.25) is 0 Å². The molecule has 0 spiro atoms. The van der Waals surface area contributed by atoms with Gasteiger partial charge in [0.05, 0.1) is 20.3 Å². The van der Waals surface area contributed by atoms with Crippen molar-refractivity contribution in [1.82, 2.24) is 10.2 Å². The Morgan fingerprint density at radius 2 is 2.09 bits per heavy atom. The molecule has 5 heteroatoms. The Hall–Kier alpha value is -1.75. The summed E-state index contributed by atoms with van der Waals surface area (Å²) in [6.45, 7) is 6.75. The second kappa shape index (κ2) is 8.20. The lowest BCUT2D eigenvalue weighted by Gasteiger charge is -2.34. The van der Waals surface area contributed by atoms with E-state index in [-0.39, 0.29) is 11.9 Å². The van der Waals surface area contributed by atoms with Gasteiger partial charge in [0, 0.05) is 13.1 Å². The molecule has 0 saturated carbocycles. The van der Waals surface area contributed by atoms with Crippen LogP contribution in [0.4, 0.5) is 0 Å². The summed E-state index contributed by atoms with van der Waals surface area (Å²) in [5.74, 6) is 2.12. The minimum absolute atomic E-state index is 0.0777. The predicted molar refractivity (Wildman–Crippen MR) is 90.8 cm³/mol. The molecule has 1 heterocycles. The number of ether oxygens (including phenoxy) is 2. The molecule has 1 amide bonds. The van der Waals surface area contributed by atoms with Crippen molar-refractivity contribution < 1.29 is 14.3 Å². The highest BCUT2D eigenvalue weighted by Crippen LogP contribution is 2.27. The van der Waals surface area contributed by atoms with E-state index in [0.29, 0.717) is 24.0 Å². The van der Waals surface area contributed by atoms with Crippen molar-refractivity contribution >= 4 is 5.91 Å². The third-order valence-electron chi connectivity index (χ3n) is 4.53. The first-order valence-corrected chi connectivity index (χ1v) is 8.27. The lowest BCUT2D eigenvalue weighted by molar-refractivity contribution is -0.126. The summed E-state index contributed by atoms with van der Waals surface area (Å²) in [6.07, 6.45) is 2.44. The third kappa shape index (κ3) is 4.61. The van der Waals surface area contributed by atoms with Gasteiger partial charge in [-0.1, -0.05) is 13.0 Å². The van der Waals surface area contributed by atoms with Crippen LogP contribution in [-0.4, -0.2) is 44.2 Å². The van der Waals surface area contributed by atoms with Crippen molar-refractivity contribution in [3.05, 3.63) is 23.8 Å². The first-order chi connectivity index (χ1) is 11.0. The minimum Gasteiger partial charge on any atom is -0.493 e. The molecule has 2 atom stereocenters. The molecule has 0 bridgehead atoms. The monoisotopic (exact) mass is 320 g/mol. The Balaban J connectivity index is 1.90. The van der Waals surface area contributed by atoms with E-state index in [1.54, 1.807) is 14.2 Å². The maximum absolute atomic E-state index is 12.4. The molecule has 0 aromatic heterocycles. The maximum Gasteiger partial charge on any atom is 0.237 e. The van der Waals surface area contributed by atoms with Crippen molar-refractivity contribution in [2.75, 3.05) is 27.3 Å². The van der Waals surface area contributed by atoms with Gasteiger partial charge in [-0.15, -0.1) is 0 Å². The van der Waals surface area contributed by atoms with Crippen LogP contribution in [-0.2, 0) is 11.3 Å². The van der Waals surface area contributed by atoms with E-state index in [2.05, 4.69) is 17.1 Å². The van der Waals surface area contributed by atoms with Crippen molar-refractivity contribution in [3.63, 3.8) is 0 Å². The fourth-order valence-electron chi connectivity index (χ4n) is 3.07. The molecular formula is C18H28N2O3. The summed E-state index contributed by atoms with van der Waals surface area (Å²) in [5.41, 5.74) is 0.996. The standard InChI is InChI=1S/C18H28N2O3/c1-13-6-5-9-20(12-13)14(2)18(21)19-11-15-7-8-16(22-3)17(10-15)23-4/h7-8,10,13-14H,5-6,9,11-12H2,1-4H3,(H,19,21)/t13-,14+/m1/s1. The van der Waals surface area contributed by atoms with Crippen molar-refractivity contribution in [3.8, 4) is 11.5 Å². The Kier molecular flexibility index (Phi) is 6.28. The molecule has 0 aliphatic carbocycles. The average molecular weight is 320 g/mol. The summed E-state index contributed by atoms with van der Waals surface area (Å²) in [5, 5.41) is 3.02. The van der Waals surface area contributed by atoms with Crippen LogP contribution in [0.5, 0.6) is 11.5 Å². The molecule has 2 rings (SSSR count). The number of amides is 1. The molecule has 0 radical (unpaired) electrons. The normalized spacial score (nSPS) is 19.9. The van der Waals surface area contributed by atoms with Crippen LogP contribution < -0.4 is 14.8 Å². The van der Waals surface area contributed by atoms with Crippen LogP contribution in [0.15, 0.2) is 18.2 Å². The van der Waals surface area contributed by atoms with Crippen molar-refractivity contribution in [2.45, 2.75) is 39.3 Å². The van der Waals surface area contributed by atoms with Crippen LogP contribution >= 0.6 is 0 Å². The molecule has 1 saturated heterocycles. The topological polar surface area (TPSA) is 50.8 Å².